The Morgan fingerprint density at radius 1 is 1.21 bits per heavy atom. The summed E-state index contributed by atoms with van der Waals surface area (Å²) in [6.07, 6.45) is 4.12. The summed E-state index contributed by atoms with van der Waals surface area (Å²) >= 11 is 0. The van der Waals surface area contributed by atoms with Gasteiger partial charge < -0.3 is 0 Å². The average Bonchev–Trinajstić information content (AvgIpc) is 2.37. The number of hydrogen-bond donors (Lipinski definition) is 0. The maximum Gasteiger partial charge on any atom is 0.185 e. The van der Waals surface area contributed by atoms with Crippen molar-refractivity contribution < 1.29 is 13.6 Å². The lowest BCUT2D eigenvalue weighted by Crippen LogP contribution is -1.96. The van der Waals surface area contributed by atoms with Crippen molar-refractivity contribution in [2.75, 3.05) is 0 Å². The maximum absolute atomic E-state index is 13.4. The number of nitrogens with zero attached hydrogens (tertiary/aromatic N) is 1. The van der Waals surface area contributed by atoms with Crippen LogP contribution in [0.5, 0.6) is 0 Å². The largest absolute Gasteiger partial charge is 0.289 e. The molecule has 2 nitrogen and oxygen atoms in total. The third-order valence-electron chi connectivity index (χ3n) is 2.56. The SMILES string of the molecule is Cc1cc(C(=O)/C=C/c2ccc(F)cc2F)ccn1. The van der Waals surface area contributed by atoms with Crippen LogP contribution < -0.4 is 0 Å². The summed E-state index contributed by atoms with van der Waals surface area (Å²) < 4.78 is 26.1. The van der Waals surface area contributed by atoms with Gasteiger partial charge in [-0.15, -0.1) is 0 Å². The fraction of sp³-hybridized carbons (Fsp3) is 0.0667. The molecule has 1 aromatic heterocycles. The zero-order valence-electron chi connectivity index (χ0n) is 10.2. The molecule has 0 atom stereocenters. The minimum absolute atomic E-state index is 0.167. The van der Waals surface area contributed by atoms with Gasteiger partial charge in [-0.25, -0.2) is 8.78 Å². The van der Waals surface area contributed by atoms with Crippen molar-refractivity contribution in [3.8, 4) is 0 Å². The summed E-state index contributed by atoms with van der Waals surface area (Å²) in [6.45, 7) is 1.78. The van der Waals surface area contributed by atoms with Crippen molar-refractivity contribution in [1.82, 2.24) is 4.98 Å². The van der Waals surface area contributed by atoms with Crippen LogP contribution in [0.25, 0.3) is 6.08 Å². The molecule has 0 unspecified atom stereocenters. The number of ketones is 1. The van der Waals surface area contributed by atoms with E-state index in [1.807, 2.05) is 0 Å². The molecule has 0 bridgehead atoms. The predicted molar refractivity (Wildman–Crippen MR) is 68.7 cm³/mol. The molecule has 0 spiro atoms. The van der Waals surface area contributed by atoms with Crippen LogP contribution in [-0.2, 0) is 0 Å². The first kappa shape index (κ1) is 13.1. The van der Waals surface area contributed by atoms with Gasteiger partial charge in [0, 0.05) is 29.1 Å². The molecule has 0 saturated heterocycles. The van der Waals surface area contributed by atoms with Crippen LogP contribution in [0.4, 0.5) is 8.78 Å². The molecule has 1 heterocycles. The first-order chi connectivity index (χ1) is 9.06. The third-order valence-corrected chi connectivity index (χ3v) is 2.56. The second kappa shape index (κ2) is 5.52. The molecule has 96 valence electrons. The fourth-order valence-electron chi connectivity index (χ4n) is 1.60. The van der Waals surface area contributed by atoms with Crippen LogP contribution in [0, 0.1) is 18.6 Å². The average molecular weight is 259 g/mol. The summed E-state index contributed by atoms with van der Waals surface area (Å²) in [5, 5.41) is 0. The molecule has 2 rings (SSSR count). The summed E-state index contributed by atoms with van der Waals surface area (Å²) in [7, 11) is 0. The van der Waals surface area contributed by atoms with Gasteiger partial charge in [0.05, 0.1) is 0 Å². The van der Waals surface area contributed by atoms with Crippen LogP contribution in [0.15, 0.2) is 42.6 Å². The zero-order valence-corrected chi connectivity index (χ0v) is 10.2. The lowest BCUT2D eigenvalue weighted by molar-refractivity contribution is 0.104. The van der Waals surface area contributed by atoms with Crippen LogP contribution in [0.2, 0.25) is 0 Å². The van der Waals surface area contributed by atoms with Gasteiger partial charge in [0.15, 0.2) is 5.78 Å². The number of pyridine rings is 1. The lowest BCUT2D eigenvalue weighted by atomic mass is 10.1. The number of rotatable bonds is 3. The summed E-state index contributed by atoms with van der Waals surface area (Å²) in [5.41, 5.74) is 1.37. The molecular formula is C15H11F2NO. The second-order valence-corrected chi connectivity index (χ2v) is 4.05. The Bertz CT molecular complexity index is 650. The first-order valence-corrected chi connectivity index (χ1v) is 5.66. The number of carbonyl (C=O) groups is 1. The van der Waals surface area contributed by atoms with Gasteiger partial charge in [-0.2, -0.15) is 0 Å². The van der Waals surface area contributed by atoms with E-state index in [-0.39, 0.29) is 11.3 Å². The molecule has 0 radical (unpaired) electrons. The van der Waals surface area contributed by atoms with E-state index in [2.05, 4.69) is 4.98 Å². The number of benzene rings is 1. The minimum atomic E-state index is -0.699. The van der Waals surface area contributed by atoms with E-state index in [1.54, 1.807) is 19.1 Å². The standard InChI is InChI=1S/C15H11F2NO/c1-10-8-12(6-7-18-10)15(19)5-3-11-2-4-13(16)9-14(11)17/h2-9H,1H3/b5-3+. The molecule has 19 heavy (non-hydrogen) atoms. The number of carbonyl (C=O) groups excluding carboxylic acids is 1. The fourth-order valence-corrected chi connectivity index (χ4v) is 1.60. The predicted octanol–water partition coefficient (Wildman–Crippen LogP) is 3.56. The third kappa shape index (κ3) is 3.31. The highest BCUT2D eigenvalue weighted by molar-refractivity contribution is 6.06. The van der Waals surface area contributed by atoms with E-state index in [9.17, 15) is 13.6 Å². The van der Waals surface area contributed by atoms with Gasteiger partial charge in [0.25, 0.3) is 0 Å². The summed E-state index contributed by atoms with van der Waals surface area (Å²) in [5.74, 6) is -1.60. The molecule has 0 fully saturated rings. The number of hydrogen-bond acceptors (Lipinski definition) is 2. The van der Waals surface area contributed by atoms with Crippen LogP contribution in [0.1, 0.15) is 21.6 Å². The van der Waals surface area contributed by atoms with Crippen molar-refractivity contribution in [3.05, 3.63) is 71.1 Å². The Labute approximate surface area is 109 Å². The Kier molecular flexibility index (Phi) is 3.80. The molecule has 0 N–H and O–H groups in total. The Balaban J connectivity index is 2.21. The van der Waals surface area contributed by atoms with E-state index < -0.39 is 11.6 Å². The molecule has 0 aliphatic heterocycles. The van der Waals surface area contributed by atoms with E-state index >= 15 is 0 Å². The molecular weight excluding hydrogens is 248 g/mol. The number of halogens is 2. The van der Waals surface area contributed by atoms with Crippen molar-refractivity contribution in [1.29, 1.82) is 0 Å². The molecule has 0 amide bonds. The second-order valence-electron chi connectivity index (χ2n) is 4.05. The highest BCUT2D eigenvalue weighted by Gasteiger charge is 2.04. The van der Waals surface area contributed by atoms with Crippen molar-refractivity contribution in [3.63, 3.8) is 0 Å². The number of allylic oxidation sites excluding steroid dienone is 1. The van der Waals surface area contributed by atoms with Gasteiger partial charge in [-0.3, -0.25) is 9.78 Å². The van der Waals surface area contributed by atoms with Gasteiger partial charge in [0.1, 0.15) is 11.6 Å². The van der Waals surface area contributed by atoms with Crippen molar-refractivity contribution in [2.24, 2.45) is 0 Å². The molecule has 0 aliphatic carbocycles. The number of aromatic nitrogens is 1. The van der Waals surface area contributed by atoms with Crippen molar-refractivity contribution in [2.45, 2.75) is 6.92 Å². The Morgan fingerprint density at radius 3 is 2.68 bits per heavy atom. The van der Waals surface area contributed by atoms with Crippen LogP contribution in [-0.4, -0.2) is 10.8 Å². The lowest BCUT2D eigenvalue weighted by Gasteiger charge is -1.98. The van der Waals surface area contributed by atoms with E-state index in [0.29, 0.717) is 5.56 Å². The van der Waals surface area contributed by atoms with E-state index in [1.165, 1.54) is 24.4 Å². The Morgan fingerprint density at radius 2 is 2.00 bits per heavy atom. The van der Waals surface area contributed by atoms with Crippen LogP contribution in [0.3, 0.4) is 0 Å². The molecule has 0 saturated carbocycles. The van der Waals surface area contributed by atoms with E-state index in [0.717, 1.165) is 17.8 Å². The number of aryl methyl sites for hydroxylation is 1. The molecule has 2 aromatic rings. The van der Waals surface area contributed by atoms with Gasteiger partial charge >= 0.3 is 0 Å². The maximum atomic E-state index is 13.4. The van der Waals surface area contributed by atoms with Gasteiger partial charge in [-0.05, 0) is 43.3 Å². The first-order valence-electron chi connectivity index (χ1n) is 5.66. The van der Waals surface area contributed by atoms with Crippen molar-refractivity contribution >= 4 is 11.9 Å². The quantitative estimate of drug-likeness (QED) is 0.623. The van der Waals surface area contributed by atoms with Gasteiger partial charge in [0.2, 0.25) is 0 Å². The van der Waals surface area contributed by atoms with E-state index in [4.69, 9.17) is 0 Å². The monoisotopic (exact) mass is 259 g/mol. The summed E-state index contributed by atoms with van der Waals surface area (Å²) in [6, 6.07) is 6.44. The minimum Gasteiger partial charge on any atom is -0.289 e. The highest BCUT2D eigenvalue weighted by Crippen LogP contribution is 2.12. The molecule has 1 aromatic carbocycles. The molecule has 0 aliphatic rings. The zero-order chi connectivity index (χ0) is 13.8. The van der Waals surface area contributed by atoms with Crippen LogP contribution >= 0.6 is 0 Å². The summed E-state index contributed by atoms with van der Waals surface area (Å²) in [4.78, 5) is 15.8. The normalized spacial score (nSPS) is 10.9. The molecule has 4 heteroatoms. The smallest absolute Gasteiger partial charge is 0.185 e. The topological polar surface area (TPSA) is 30.0 Å². The van der Waals surface area contributed by atoms with Gasteiger partial charge in [-0.1, -0.05) is 0 Å². The highest BCUT2D eigenvalue weighted by atomic mass is 19.1. The Hall–Kier alpha value is -2.36.